The molecule has 0 aliphatic carbocycles. The molecule has 5 heteroatoms. The summed E-state index contributed by atoms with van der Waals surface area (Å²) in [7, 11) is 0. The van der Waals surface area contributed by atoms with Crippen LogP contribution in [0.4, 0.5) is 4.79 Å². The molecule has 0 bridgehead atoms. The number of ether oxygens (including phenoxy) is 3. The molecule has 0 amide bonds. The molecule has 88 valence electrons. The van der Waals surface area contributed by atoms with Crippen molar-refractivity contribution in [3.05, 3.63) is 0 Å². The van der Waals surface area contributed by atoms with Gasteiger partial charge in [-0.25, -0.2) is 9.59 Å². The van der Waals surface area contributed by atoms with E-state index in [0.717, 1.165) is 0 Å². The van der Waals surface area contributed by atoms with Gasteiger partial charge in [-0.15, -0.1) is 6.42 Å². The Kier molecular flexibility index (Phi) is 3.78. The van der Waals surface area contributed by atoms with Gasteiger partial charge < -0.3 is 14.2 Å². The van der Waals surface area contributed by atoms with Crippen molar-refractivity contribution >= 4 is 12.1 Å². The number of hydrogen-bond acceptors (Lipinski definition) is 5. The van der Waals surface area contributed by atoms with Crippen molar-refractivity contribution in [3.63, 3.8) is 0 Å². The zero-order chi connectivity index (χ0) is 12.2. The Hall–Kier alpha value is -1.70. The molecule has 1 rings (SSSR count). The van der Waals surface area contributed by atoms with Gasteiger partial charge >= 0.3 is 12.1 Å². The number of hydrogen-bond donors (Lipinski definition) is 0. The molecule has 5 nitrogen and oxygen atoms in total. The summed E-state index contributed by atoms with van der Waals surface area (Å²) in [5.41, 5.74) is -0.928. The normalized spacial score (nSPS) is 21.8. The lowest BCUT2D eigenvalue weighted by molar-refractivity contribution is -0.156. The minimum Gasteiger partial charge on any atom is -0.450 e. The predicted molar refractivity (Wildman–Crippen MR) is 54.5 cm³/mol. The van der Waals surface area contributed by atoms with Crippen LogP contribution in [0.3, 0.4) is 0 Å². The first-order valence-electron chi connectivity index (χ1n) is 5.09. The van der Waals surface area contributed by atoms with Gasteiger partial charge in [-0.05, 0) is 12.8 Å². The molecule has 1 heterocycles. The summed E-state index contributed by atoms with van der Waals surface area (Å²) in [4.78, 5) is 22.7. The zero-order valence-corrected chi connectivity index (χ0v) is 9.32. The molecule has 0 spiro atoms. The molecule has 1 aliphatic rings. The number of rotatable bonds is 4. The van der Waals surface area contributed by atoms with Crippen molar-refractivity contribution in [3.8, 4) is 12.3 Å². The number of cyclic esters (lactones) is 2. The molecule has 0 N–H and O–H groups in total. The summed E-state index contributed by atoms with van der Waals surface area (Å²) in [6.45, 7) is 3.48. The third-order valence-corrected chi connectivity index (χ3v) is 2.69. The summed E-state index contributed by atoms with van der Waals surface area (Å²) in [6, 6.07) is 0. The third-order valence-electron chi connectivity index (χ3n) is 2.69. The minimum absolute atomic E-state index is 0.142. The highest BCUT2D eigenvalue weighted by Gasteiger charge is 2.53. The van der Waals surface area contributed by atoms with Crippen molar-refractivity contribution in [2.75, 3.05) is 6.61 Å². The van der Waals surface area contributed by atoms with E-state index in [1.165, 1.54) is 0 Å². The average molecular weight is 226 g/mol. The van der Waals surface area contributed by atoms with Crippen LogP contribution >= 0.6 is 0 Å². The van der Waals surface area contributed by atoms with Gasteiger partial charge in [0.1, 0.15) is 0 Å². The van der Waals surface area contributed by atoms with Crippen molar-refractivity contribution in [1.82, 2.24) is 0 Å². The van der Waals surface area contributed by atoms with Crippen LogP contribution in [0.15, 0.2) is 0 Å². The van der Waals surface area contributed by atoms with Crippen LogP contribution in [0.25, 0.3) is 0 Å². The van der Waals surface area contributed by atoms with E-state index in [9.17, 15) is 9.59 Å². The third kappa shape index (κ3) is 2.11. The molecular weight excluding hydrogens is 212 g/mol. The fourth-order valence-corrected chi connectivity index (χ4v) is 1.66. The van der Waals surface area contributed by atoms with Gasteiger partial charge in [-0.2, -0.15) is 0 Å². The van der Waals surface area contributed by atoms with E-state index < -0.39 is 23.8 Å². The van der Waals surface area contributed by atoms with Gasteiger partial charge in [0.05, 0.1) is 0 Å². The van der Waals surface area contributed by atoms with Crippen molar-refractivity contribution in [1.29, 1.82) is 0 Å². The van der Waals surface area contributed by atoms with E-state index in [4.69, 9.17) is 20.6 Å². The van der Waals surface area contributed by atoms with Crippen molar-refractivity contribution < 1.29 is 23.8 Å². The minimum atomic E-state index is -1.02. The Morgan fingerprint density at radius 3 is 2.69 bits per heavy atom. The standard InChI is InChI=1S/C11H14O5/c1-4-7-14-9(12)8-11(5-2,6-3)16-10(13)15-8/h1,8H,5-7H2,2-3H3. The number of terminal acetylenes is 1. The van der Waals surface area contributed by atoms with E-state index in [2.05, 4.69) is 5.92 Å². The van der Waals surface area contributed by atoms with Crippen molar-refractivity contribution in [2.45, 2.75) is 38.4 Å². The van der Waals surface area contributed by atoms with Gasteiger partial charge in [-0.1, -0.05) is 19.8 Å². The molecule has 0 saturated carbocycles. The largest absolute Gasteiger partial charge is 0.509 e. The second-order valence-electron chi connectivity index (χ2n) is 3.43. The van der Waals surface area contributed by atoms with E-state index in [1.807, 2.05) is 13.8 Å². The lowest BCUT2D eigenvalue weighted by atomic mass is 9.91. The van der Waals surface area contributed by atoms with Crippen LogP contribution in [-0.4, -0.2) is 30.4 Å². The molecule has 1 unspecified atom stereocenters. The topological polar surface area (TPSA) is 61.8 Å². The highest BCUT2D eigenvalue weighted by Crippen LogP contribution is 2.34. The quantitative estimate of drug-likeness (QED) is 0.533. The SMILES string of the molecule is C#CCOC(=O)C1OC(=O)OC1(CC)CC. The lowest BCUT2D eigenvalue weighted by Crippen LogP contribution is -2.44. The van der Waals surface area contributed by atoms with Gasteiger partial charge in [0.15, 0.2) is 12.2 Å². The Balaban J connectivity index is 2.81. The second kappa shape index (κ2) is 4.88. The van der Waals surface area contributed by atoms with Gasteiger partial charge in [-0.3, -0.25) is 0 Å². The molecule has 0 aromatic rings. The first-order chi connectivity index (χ1) is 7.59. The summed E-state index contributed by atoms with van der Waals surface area (Å²) >= 11 is 0. The fourth-order valence-electron chi connectivity index (χ4n) is 1.66. The van der Waals surface area contributed by atoms with E-state index in [-0.39, 0.29) is 6.61 Å². The number of carbonyl (C=O) groups is 2. The van der Waals surface area contributed by atoms with Crippen LogP contribution in [0, 0.1) is 12.3 Å². The maximum atomic E-state index is 11.6. The highest BCUT2D eigenvalue weighted by atomic mass is 16.8. The zero-order valence-electron chi connectivity index (χ0n) is 9.32. The molecular formula is C11H14O5. The maximum Gasteiger partial charge on any atom is 0.509 e. The van der Waals surface area contributed by atoms with Crippen LogP contribution in [0.1, 0.15) is 26.7 Å². The molecule has 1 fully saturated rings. The monoisotopic (exact) mass is 226 g/mol. The first kappa shape index (κ1) is 12.4. The van der Waals surface area contributed by atoms with Gasteiger partial charge in [0, 0.05) is 0 Å². The van der Waals surface area contributed by atoms with Crippen LogP contribution in [-0.2, 0) is 19.0 Å². The molecule has 1 aliphatic heterocycles. The van der Waals surface area contributed by atoms with E-state index >= 15 is 0 Å². The summed E-state index contributed by atoms with van der Waals surface area (Å²) in [5.74, 6) is 1.51. The van der Waals surface area contributed by atoms with Crippen molar-refractivity contribution in [2.24, 2.45) is 0 Å². The molecule has 0 radical (unpaired) electrons. The summed E-state index contributed by atoms with van der Waals surface area (Å²) < 4.78 is 14.6. The van der Waals surface area contributed by atoms with Gasteiger partial charge in [0.2, 0.25) is 6.10 Å². The Morgan fingerprint density at radius 1 is 1.56 bits per heavy atom. The first-order valence-corrected chi connectivity index (χ1v) is 5.09. The summed E-state index contributed by atoms with van der Waals surface area (Å²) in [6.07, 6.45) is 4.06. The second-order valence-corrected chi connectivity index (χ2v) is 3.43. The molecule has 1 saturated heterocycles. The lowest BCUT2D eigenvalue weighted by Gasteiger charge is -2.26. The molecule has 1 atom stereocenters. The maximum absolute atomic E-state index is 11.6. The molecule has 16 heavy (non-hydrogen) atoms. The molecule has 0 aromatic heterocycles. The Labute approximate surface area is 94.0 Å². The van der Waals surface area contributed by atoms with Gasteiger partial charge in [0.25, 0.3) is 0 Å². The van der Waals surface area contributed by atoms with Crippen LogP contribution in [0.5, 0.6) is 0 Å². The number of esters is 1. The highest BCUT2D eigenvalue weighted by molar-refractivity contribution is 5.81. The predicted octanol–water partition coefficient (Wildman–Crippen LogP) is 1.26. The van der Waals surface area contributed by atoms with E-state index in [1.54, 1.807) is 0 Å². The Morgan fingerprint density at radius 2 is 2.19 bits per heavy atom. The number of carbonyl (C=O) groups excluding carboxylic acids is 2. The summed E-state index contributed by atoms with van der Waals surface area (Å²) in [5, 5.41) is 0. The molecule has 0 aromatic carbocycles. The fraction of sp³-hybridized carbons (Fsp3) is 0.636. The van der Waals surface area contributed by atoms with Crippen LogP contribution < -0.4 is 0 Å². The van der Waals surface area contributed by atoms with Crippen LogP contribution in [0.2, 0.25) is 0 Å². The van der Waals surface area contributed by atoms with E-state index in [0.29, 0.717) is 12.8 Å². The Bertz CT molecular complexity index is 324. The average Bonchev–Trinajstić information content (AvgIpc) is 2.64. The smallest absolute Gasteiger partial charge is 0.450 e.